The Bertz CT molecular complexity index is 297. The second-order valence-corrected chi connectivity index (χ2v) is 5.04. The number of nitrogens with zero attached hydrogens (tertiary/aromatic N) is 3. The van der Waals surface area contributed by atoms with Gasteiger partial charge >= 0.3 is 0 Å². The predicted octanol–water partition coefficient (Wildman–Crippen LogP) is 1.68. The minimum Gasteiger partial charge on any atom is -0.307 e. The van der Waals surface area contributed by atoms with Crippen LogP contribution in [0.3, 0.4) is 0 Å². The molecule has 0 amide bonds. The Kier molecular flexibility index (Phi) is 3.88. The second kappa shape index (κ2) is 5.39. The van der Waals surface area contributed by atoms with Gasteiger partial charge in [0.25, 0.3) is 0 Å². The summed E-state index contributed by atoms with van der Waals surface area (Å²) in [5.41, 5.74) is 0. The summed E-state index contributed by atoms with van der Waals surface area (Å²) in [7, 11) is 0. The van der Waals surface area contributed by atoms with Gasteiger partial charge in [0, 0.05) is 0 Å². The van der Waals surface area contributed by atoms with Crippen molar-refractivity contribution in [3.8, 4) is 0 Å². The summed E-state index contributed by atoms with van der Waals surface area (Å²) in [6.45, 7) is 5.51. The van der Waals surface area contributed by atoms with Gasteiger partial charge in [0.1, 0.15) is 0 Å². The van der Waals surface area contributed by atoms with Crippen molar-refractivity contribution in [1.82, 2.24) is 25.9 Å². The van der Waals surface area contributed by atoms with Crippen molar-refractivity contribution >= 4 is 0 Å². The Morgan fingerprint density at radius 1 is 1.50 bits per heavy atom. The van der Waals surface area contributed by atoms with Crippen LogP contribution < -0.4 is 5.32 Å². The normalized spacial score (nSPS) is 27.9. The van der Waals surface area contributed by atoms with E-state index in [1.54, 1.807) is 0 Å². The van der Waals surface area contributed by atoms with Gasteiger partial charge in [0.2, 0.25) is 0 Å². The summed E-state index contributed by atoms with van der Waals surface area (Å²) in [4.78, 5) is 0. The van der Waals surface area contributed by atoms with Crippen LogP contribution in [0.25, 0.3) is 0 Å². The Balaban J connectivity index is 1.74. The van der Waals surface area contributed by atoms with Gasteiger partial charge < -0.3 is 5.32 Å². The largest absolute Gasteiger partial charge is 0.307 e. The van der Waals surface area contributed by atoms with Crippen molar-refractivity contribution in [3.63, 3.8) is 0 Å². The molecular weight excluding hydrogens is 202 g/mol. The van der Waals surface area contributed by atoms with E-state index >= 15 is 0 Å². The molecule has 5 nitrogen and oxygen atoms in total. The van der Waals surface area contributed by atoms with Crippen LogP contribution >= 0.6 is 0 Å². The summed E-state index contributed by atoms with van der Waals surface area (Å²) in [6.07, 6.45) is 5.49. The SMILES string of the molecule is CC1CCCC(CNC(C)c2nn[nH]n2)C1. The first kappa shape index (κ1) is 11.5. The van der Waals surface area contributed by atoms with E-state index in [1.807, 2.05) is 0 Å². The molecule has 16 heavy (non-hydrogen) atoms. The zero-order valence-electron chi connectivity index (χ0n) is 10.1. The smallest absolute Gasteiger partial charge is 0.191 e. The molecule has 0 aromatic carbocycles. The third kappa shape index (κ3) is 3.01. The molecule has 0 aliphatic heterocycles. The van der Waals surface area contributed by atoms with E-state index in [0.717, 1.165) is 24.2 Å². The van der Waals surface area contributed by atoms with Crippen LogP contribution in [0.1, 0.15) is 51.4 Å². The zero-order valence-corrected chi connectivity index (χ0v) is 10.1. The molecule has 1 aliphatic rings. The lowest BCUT2D eigenvalue weighted by Crippen LogP contribution is -2.29. The molecule has 5 heteroatoms. The number of tetrazole rings is 1. The molecule has 0 radical (unpaired) electrons. The maximum atomic E-state index is 3.99. The molecule has 2 N–H and O–H groups in total. The van der Waals surface area contributed by atoms with Crippen molar-refractivity contribution < 1.29 is 0 Å². The number of rotatable bonds is 4. The number of aromatic nitrogens is 4. The van der Waals surface area contributed by atoms with E-state index in [1.165, 1.54) is 25.7 Å². The lowest BCUT2D eigenvalue weighted by molar-refractivity contribution is 0.267. The first-order chi connectivity index (χ1) is 7.75. The van der Waals surface area contributed by atoms with Gasteiger partial charge in [-0.3, -0.25) is 0 Å². The monoisotopic (exact) mass is 223 g/mol. The highest BCUT2D eigenvalue weighted by molar-refractivity contribution is 4.86. The van der Waals surface area contributed by atoms with Crippen LogP contribution in [0.4, 0.5) is 0 Å². The van der Waals surface area contributed by atoms with Gasteiger partial charge in [-0.2, -0.15) is 5.21 Å². The Hall–Kier alpha value is -0.970. The molecule has 1 fully saturated rings. The summed E-state index contributed by atoms with van der Waals surface area (Å²) in [5.74, 6) is 2.46. The molecule has 3 unspecified atom stereocenters. The van der Waals surface area contributed by atoms with E-state index in [-0.39, 0.29) is 6.04 Å². The van der Waals surface area contributed by atoms with Crippen LogP contribution in [0.5, 0.6) is 0 Å². The topological polar surface area (TPSA) is 66.5 Å². The lowest BCUT2D eigenvalue weighted by Gasteiger charge is -2.27. The Morgan fingerprint density at radius 2 is 2.38 bits per heavy atom. The summed E-state index contributed by atoms with van der Waals surface area (Å²) in [6, 6.07) is 0.191. The fourth-order valence-electron chi connectivity index (χ4n) is 2.53. The van der Waals surface area contributed by atoms with E-state index in [2.05, 4.69) is 39.8 Å². The molecule has 3 atom stereocenters. The van der Waals surface area contributed by atoms with Crippen LogP contribution in [-0.2, 0) is 0 Å². The van der Waals surface area contributed by atoms with Crippen LogP contribution in [-0.4, -0.2) is 27.2 Å². The van der Waals surface area contributed by atoms with Crippen LogP contribution in [0.2, 0.25) is 0 Å². The van der Waals surface area contributed by atoms with Crippen LogP contribution in [0, 0.1) is 11.8 Å². The molecular formula is C11H21N5. The van der Waals surface area contributed by atoms with Gasteiger partial charge in [-0.1, -0.05) is 25.0 Å². The fraction of sp³-hybridized carbons (Fsp3) is 0.909. The van der Waals surface area contributed by atoms with E-state index in [0.29, 0.717) is 0 Å². The van der Waals surface area contributed by atoms with Gasteiger partial charge in [0.05, 0.1) is 6.04 Å². The zero-order chi connectivity index (χ0) is 11.4. The Morgan fingerprint density at radius 3 is 3.06 bits per heavy atom. The molecule has 0 saturated heterocycles. The van der Waals surface area contributed by atoms with Crippen molar-refractivity contribution in [2.24, 2.45) is 11.8 Å². The average Bonchev–Trinajstić information content (AvgIpc) is 2.79. The maximum Gasteiger partial charge on any atom is 0.191 e. The summed E-state index contributed by atoms with van der Waals surface area (Å²) >= 11 is 0. The average molecular weight is 223 g/mol. The van der Waals surface area contributed by atoms with Gasteiger partial charge in [-0.05, 0) is 38.1 Å². The standard InChI is InChI=1S/C11H21N5/c1-8-4-3-5-10(6-8)7-12-9(2)11-13-15-16-14-11/h8-10,12H,3-7H2,1-2H3,(H,13,14,15,16). The first-order valence-corrected chi connectivity index (χ1v) is 6.22. The van der Waals surface area contributed by atoms with Gasteiger partial charge in [-0.15, -0.1) is 10.2 Å². The molecule has 2 rings (SSSR count). The summed E-state index contributed by atoms with van der Waals surface area (Å²) in [5, 5.41) is 17.5. The number of hydrogen-bond donors (Lipinski definition) is 2. The number of hydrogen-bond acceptors (Lipinski definition) is 4. The highest BCUT2D eigenvalue weighted by Gasteiger charge is 2.19. The molecule has 0 bridgehead atoms. The maximum absolute atomic E-state index is 3.99. The van der Waals surface area contributed by atoms with Crippen molar-refractivity contribution in [3.05, 3.63) is 5.82 Å². The molecule has 1 heterocycles. The van der Waals surface area contributed by atoms with Crippen molar-refractivity contribution in [2.75, 3.05) is 6.54 Å². The molecule has 1 aromatic rings. The third-order valence-corrected chi connectivity index (χ3v) is 3.51. The quantitative estimate of drug-likeness (QED) is 0.815. The first-order valence-electron chi connectivity index (χ1n) is 6.22. The minimum atomic E-state index is 0.191. The Labute approximate surface area is 96.4 Å². The highest BCUT2D eigenvalue weighted by Crippen LogP contribution is 2.28. The van der Waals surface area contributed by atoms with E-state index in [4.69, 9.17) is 0 Å². The van der Waals surface area contributed by atoms with Gasteiger partial charge in [-0.25, -0.2) is 0 Å². The molecule has 1 aromatic heterocycles. The second-order valence-electron chi connectivity index (χ2n) is 5.04. The minimum absolute atomic E-state index is 0.191. The fourth-order valence-corrected chi connectivity index (χ4v) is 2.53. The van der Waals surface area contributed by atoms with E-state index in [9.17, 15) is 0 Å². The number of aromatic amines is 1. The van der Waals surface area contributed by atoms with E-state index < -0.39 is 0 Å². The number of H-pyrrole nitrogens is 1. The highest BCUT2D eigenvalue weighted by atomic mass is 15.5. The van der Waals surface area contributed by atoms with Crippen LogP contribution in [0.15, 0.2) is 0 Å². The van der Waals surface area contributed by atoms with Gasteiger partial charge in [0.15, 0.2) is 5.82 Å². The third-order valence-electron chi connectivity index (χ3n) is 3.51. The predicted molar refractivity (Wildman–Crippen MR) is 61.7 cm³/mol. The molecule has 1 aliphatic carbocycles. The molecule has 90 valence electrons. The molecule has 1 saturated carbocycles. The molecule has 0 spiro atoms. The van der Waals surface area contributed by atoms with Crippen molar-refractivity contribution in [1.29, 1.82) is 0 Å². The lowest BCUT2D eigenvalue weighted by atomic mass is 9.82. The summed E-state index contributed by atoms with van der Waals surface area (Å²) < 4.78 is 0. The van der Waals surface area contributed by atoms with Crippen molar-refractivity contribution in [2.45, 2.75) is 45.6 Å². The number of nitrogens with one attached hydrogen (secondary N) is 2.